The summed E-state index contributed by atoms with van der Waals surface area (Å²) in [6, 6.07) is 12.6. The summed E-state index contributed by atoms with van der Waals surface area (Å²) in [7, 11) is 0. The van der Waals surface area contributed by atoms with E-state index in [1.807, 2.05) is 0 Å². The lowest BCUT2D eigenvalue weighted by Gasteiger charge is -2.17. The van der Waals surface area contributed by atoms with E-state index in [1.165, 1.54) is 16.3 Å². The Kier molecular flexibility index (Phi) is 4.39. The molecule has 1 aliphatic heterocycles. The SMILES string of the molecule is CCCCOc1ccc(C2=NCCCN2)c2ccccc12. The van der Waals surface area contributed by atoms with Crippen molar-refractivity contribution in [2.24, 2.45) is 4.99 Å². The molecule has 0 aromatic heterocycles. The van der Waals surface area contributed by atoms with Crippen molar-refractivity contribution in [2.45, 2.75) is 26.2 Å². The maximum Gasteiger partial charge on any atom is 0.128 e. The Balaban J connectivity index is 2.00. The lowest BCUT2D eigenvalue weighted by molar-refractivity contribution is 0.313. The molecule has 0 spiro atoms. The Bertz CT molecular complexity index is 649. The Morgan fingerprint density at radius 1 is 1.14 bits per heavy atom. The fourth-order valence-corrected chi connectivity index (χ4v) is 2.64. The Morgan fingerprint density at radius 3 is 2.76 bits per heavy atom. The summed E-state index contributed by atoms with van der Waals surface area (Å²) < 4.78 is 5.94. The highest BCUT2D eigenvalue weighted by Gasteiger charge is 2.12. The van der Waals surface area contributed by atoms with Gasteiger partial charge in [0.2, 0.25) is 0 Å². The topological polar surface area (TPSA) is 33.6 Å². The maximum absolute atomic E-state index is 5.94. The van der Waals surface area contributed by atoms with E-state index in [-0.39, 0.29) is 0 Å². The van der Waals surface area contributed by atoms with E-state index in [0.29, 0.717) is 0 Å². The average molecular weight is 282 g/mol. The minimum absolute atomic E-state index is 0.777. The van der Waals surface area contributed by atoms with Gasteiger partial charge >= 0.3 is 0 Å². The van der Waals surface area contributed by atoms with Gasteiger partial charge in [0, 0.05) is 24.0 Å². The second kappa shape index (κ2) is 6.61. The van der Waals surface area contributed by atoms with Gasteiger partial charge in [-0.1, -0.05) is 37.6 Å². The number of ether oxygens (including phenoxy) is 1. The van der Waals surface area contributed by atoms with E-state index in [4.69, 9.17) is 4.74 Å². The van der Waals surface area contributed by atoms with Crippen molar-refractivity contribution in [2.75, 3.05) is 19.7 Å². The lowest BCUT2D eigenvalue weighted by atomic mass is 10.0. The summed E-state index contributed by atoms with van der Waals surface area (Å²) in [5, 5.41) is 5.78. The highest BCUT2D eigenvalue weighted by atomic mass is 16.5. The third-order valence-corrected chi connectivity index (χ3v) is 3.79. The van der Waals surface area contributed by atoms with Gasteiger partial charge in [0.1, 0.15) is 11.6 Å². The van der Waals surface area contributed by atoms with Gasteiger partial charge in [-0.2, -0.15) is 0 Å². The Hall–Kier alpha value is -2.03. The van der Waals surface area contributed by atoms with Crippen molar-refractivity contribution in [3.8, 4) is 5.75 Å². The van der Waals surface area contributed by atoms with Crippen LogP contribution in [0.4, 0.5) is 0 Å². The summed E-state index contributed by atoms with van der Waals surface area (Å²) in [5.41, 5.74) is 1.17. The van der Waals surface area contributed by atoms with Crippen LogP contribution in [0.25, 0.3) is 10.8 Å². The van der Waals surface area contributed by atoms with Crippen LogP contribution in [-0.2, 0) is 0 Å². The molecule has 0 aliphatic carbocycles. The van der Waals surface area contributed by atoms with Crippen molar-refractivity contribution in [3.63, 3.8) is 0 Å². The van der Waals surface area contributed by atoms with Gasteiger partial charge in [-0.15, -0.1) is 0 Å². The zero-order valence-corrected chi connectivity index (χ0v) is 12.6. The van der Waals surface area contributed by atoms with Gasteiger partial charge in [0.05, 0.1) is 6.61 Å². The second-order valence-corrected chi connectivity index (χ2v) is 5.37. The molecule has 0 amide bonds. The lowest BCUT2D eigenvalue weighted by Crippen LogP contribution is -2.30. The van der Waals surface area contributed by atoms with Crippen LogP contribution in [0.2, 0.25) is 0 Å². The minimum atomic E-state index is 0.777. The summed E-state index contributed by atoms with van der Waals surface area (Å²) >= 11 is 0. The molecule has 21 heavy (non-hydrogen) atoms. The first kappa shape index (κ1) is 13.9. The van der Waals surface area contributed by atoms with Crippen molar-refractivity contribution in [3.05, 3.63) is 42.0 Å². The summed E-state index contributed by atoms with van der Waals surface area (Å²) in [5.74, 6) is 1.98. The zero-order chi connectivity index (χ0) is 14.5. The predicted molar refractivity (Wildman–Crippen MR) is 88.4 cm³/mol. The van der Waals surface area contributed by atoms with E-state index in [9.17, 15) is 0 Å². The number of nitrogens with zero attached hydrogens (tertiary/aromatic N) is 1. The number of nitrogens with one attached hydrogen (secondary N) is 1. The number of benzene rings is 2. The number of unbranched alkanes of at least 4 members (excludes halogenated alkanes) is 1. The maximum atomic E-state index is 5.94. The monoisotopic (exact) mass is 282 g/mol. The molecule has 0 bridgehead atoms. The highest BCUT2D eigenvalue weighted by molar-refractivity contribution is 6.11. The third kappa shape index (κ3) is 3.02. The minimum Gasteiger partial charge on any atom is -0.493 e. The van der Waals surface area contributed by atoms with Gasteiger partial charge in [-0.25, -0.2) is 0 Å². The van der Waals surface area contributed by atoms with Crippen LogP contribution in [0.1, 0.15) is 31.7 Å². The predicted octanol–water partition coefficient (Wildman–Crippen LogP) is 3.76. The van der Waals surface area contributed by atoms with Crippen molar-refractivity contribution in [1.29, 1.82) is 0 Å². The van der Waals surface area contributed by atoms with Crippen molar-refractivity contribution >= 4 is 16.6 Å². The summed E-state index contributed by atoms with van der Waals surface area (Å²) in [4.78, 5) is 4.62. The number of fused-ring (bicyclic) bond motifs is 1. The van der Waals surface area contributed by atoms with Crippen molar-refractivity contribution < 1.29 is 4.74 Å². The standard InChI is InChI=1S/C18H22N2O/c1-2-3-13-21-17-10-9-16(18-19-11-6-12-20-18)14-7-4-5-8-15(14)17/h4-5,7-10H,2-3,6,11-13H2,1H3,(H,19,20). The van der Waals surface area contributed by atoms with Crippen molar-refractivity contribution in [1.82, 2.24) is 5.32 Å². The molecule has 0 saturated heterocycles. The van der Waals surface area contributed by atoms with Crippen LogP contribution < -0.4 is 10.1 Å². The molecule has 3 heteroatoms. The number of aliphatic imine (C=N–C) groups is 1. The molecule has 1 N–H and O–H groups in total. The molecular weight excluding hydrogens is 260 g/mol. The molecule has 0 radical (unpaired) electrons. The fourth-order valence-electron chi connectivity index (χ4n) is 2.64. The van der Waals surface area contributed by atoms with Gasteiger partial charge in [0.25, 0.3) is 0 Å². The molecule has 1 aliphatic rings. The molecule has 3 nitrogen and oxygen atoms in total. The van der Waals surface area contributed by atoms with E-state index in [0.717, 1.165) is 50.5 Å². The molecule has 0 unspecified atom stereocenters. The van der Waals surface area contributed by atoms with E-state index < -0.39 is 0 Å². The summed E-state index contributed by atoms with van der Waals surface area (Å²) in [6.07, 6.45) is 3.35. The third-order valence-electron chi connectivity index (χ3n) is 3.79. The molecular formula is C18H22N2O. The van der Waals surface area contributed by atoms with E-state index in [1.54, 1.807) is 0 Å². The Morgan fingerprint density at radius 2 is 2.00 bits per heavy atom. The quantitative estimate of drug-likeness (QED) is 0.847. The molecule has 110 valence electrons. The smallest absolute Gasteiger partial charge is 0.128 e. The van der Waals surface area contributed by atoms with Gasteiger partial charge in [-0.05, 0) is 30.4 Å². The van der Waals surface area contributed by atoms with Gasteiger partial charge in [0.15, 0.2) is 0 Å². The average Bonchev–Trinajstić information content (AvgIpc) is 2.56. The van der Waals surface area contributed by atoms with Crippen LogP contribution in [0.5, 0.6) is 5.75 Å². The normalized spacial score (nSPS) is 14.6. The van der Waals surface area contributed by atoms with Gasteiger partial charge in [-0.3, -0.25) is 4.99 Å². The largest absolute Gasteiger partial charge is 0.493 e. The van der Waals surface area contributed by atoms with Crippen LogP contribution in [0.15, 0.2) is 41.4 Å². The zero-order valence-electron chi connectivity index (χ0n) is 12.6. The second-order valence-electron chi connectivity index (χ2n) is 5.37. The highest BCUT2D eigenvalue weighted by Crippen LogP contribution is 2.29. The molecule has 0 atom stereocenters. The molecule has 0 saturated carbocycles. The van der Waals surface area contributed by atoms with Crippen LogP contribution in [0, 0.1) is 0 Å². The van der Waals surface area contributed by atoms with Crippen LogP contribution >= 0.6 is 0 Å². The first-order valence-electron chi connectivity index (χ1n) is 7.83. The fraction of sp³-hybridized carbons (Fsp3) is 0.389. The number of hydrogen-bond acceptors (Lipinski definition) is 3. The van der Waals surface area contributed by atoms with E-state index in [2.05, 4.69) is 53.6 Å². The first-order chi connectivity index (χ1) is 10.4. The number of rotatable bonds is 5. The molecule has 2 aromatic carbocycles. The molecule has 0 fully saturated rings. The van der Waals surface area contributed by atoms with Crippen LogP contribution in [0.3, 0.4) is 0 Å². The molecule has 2 aromatic rings. The number of hydrogen-bond donors (Lipinski definition) is 1. The first-order valence-corrected chi connectivity index (χ1v) is 7.83. The number of amidine groups is 1. The Labute approximate surface area is 126 Å². The summed E-state index contributed by atoms with van der Waals surface area (Å²) in [6.45, 7) is 4.86. The molecule has 1 heterocycles. The van der Waals surface area contributed by atoms with Gasteiger partial charge < -0.3 is 10.1 Å². The van der Waals surface area contributed by atoms with Crippen LogP contribution in [-0.4, -0.2) is 25.5 Å². The molecule has 3 rings (SSSR count). The van der Waals surface area contributed by atoms with E-state index >= 15 is 0 Å².